The first-order valence-corrected chi connectivity index (χ1v) is 11.4. The summed E-state index contributed by atoms with van der Waals surface area (Å²) in [5.41, 5.74) is 2.07. The number of carbonyl (C=O) groups is 2. The third-order valence-corrected chi connectivity index (χ3v) is 6.07. The summed E-state index contributed by atoms with van der Waals surface area (Å²) < 4.78 is 39.1. The van der Waals surface area contributed by atoms with Crippen LogP contribution in [0.5, 0.6) is 0 Å². The van der Waals surface area contributed by atoms with Gasteiger partial charge in [0.05, 0.1) is 11.9 Å². The molecular formula is C23H26F3N5O4. The summed E-state index contributed by atoms with van der Waals surface area (Å²) >= 11 is 0. The molecule has 1 amide bonds. The maximum atomic E-state index is 12.7. The minimum absolute atomic E-state index is 0.0436. The number of hydrogen-bond acceptors (Lipinski definition) is 6. The molecule has 0 radical (unpaired) electrons. The topological polar surface area (TPSA) is 104 Å². The van der Waals surface area contributed by atoms with Gasteiger partial charge in [0.2, 0.25) is 0 Å². The molecule has 0 saturated carbocycles. The minimum atomic E-state index is -5.08. The van der Waals surface area contributed by atoms with Gasteiger partial charge in [0.25, 0.3) is 5.91 Å². The number of aryl methyl sites for hydroxylation is 1. The summed E-state index contributed by atoms with van der Waals surface area (Å²) in [6.45, 7) is 5.46. The molecule has 1 N–H and O–H groups in total. The number of hydrogen-bond donors (Lipinski definition) is 1. The Morgan fingerprint density at radius 3 is 2.43 bits per heavy atom. The zero-order valence-electron chi connectivity index (χ0n) is 19.2. The number of rotatable bonds is 3. The molecule has 1 unspecified atom stereocenters. The highest BCUT2D eigenvalue weighted by Crippen LogP contribution is 2.27. The van der Waals surface area contributed by atoms with E-state index in [1.54, 1.807) is 6.07 Å². The minimum Gasteiger partial charge on any atom is -0.475 e. The van der Waals surface area contributed by atoms with Crippen molar-refractivity contribution in [3.05, 3.63) is 47.8 Å². The lowest BCUT2D eigenvalue weighted by atomic mass is 9.97. The maximum Gasteiger partial charge on any atom is 0.490 e. The van der Waals surface area contributed by atoms with E-state index in [2.05, 4.69) is 17.2 Å². The van der Waals surface area contributed by atoms with E-state index in [1.165, 1.54) is 18.5 Å². The molecule has 0 aliphatic carbocycles. The average molecular weight is 493 g/mol. The molecule has 0 bridgehead atoms. The summed E-state index contributed by atoms with van der Waals surface area (Å²) in [7, 11) is 0. The van der Waals surface area contributed by atoms with Crippen LogP contribution in [-0.2, 0) is 4.79 Å². The lowest BCUT2D eigenvalue weighted by molar-refractivity contribution is -0.192. The molecule has 5 heterocycles. The van der Waals surface area contributed by atoms with Crippen molar-refractivity contribution < 1.29 is 32.3 Å². The predicted octanol–water partition coefficient (Wildman–Crippen LogP) is 3.88. The summed E-state index contributed by atoms with van der Waals surface area (Å²) in [5, 5.41) is 11.9. The maximum absolute atomic E-state index is 12.7. The van der Waals surface area contributed by atoms with Crippen LogP contribution in [0.15, 0.2) is 34.9 Å². The number of anilines is 1. The lowest BCUT2D eigenvalue weighted by Crippen LogP contribution is -2.39. The molecule has 2 fully saturated rings. The average Bonchev–Trinajstić information content (AvgIpc) is 3.58. The molecule has 188 valence electrons. The molecule has 2 aliphatic rings. The highest BCUT2D eigenvalue weighted by Gasteiger charge is 2.38. The van der Waals surface area contributed by atoms with E-state index in [1.807, 2.05) is 28.5 Å². The number of amides is 1. The van der Waals surface area contributed by atoms with E-state index in [0.717, 1.165) is 49.7 Å². The van der Waals surface area contributed by atoms with E-state index < -0.39 is 12.1 Å². The number of carbonyl (C=O) groups excluding carboxylic acids is 1. The number of alkyl halides is 3. The summed E-state index contributed by atoms with van der Waals surface area (Å²) in [4.78, 5) is 30.6. The van der Waals surface area contributed by atoms with Gasteiger partial charge in [-0.15, -0.1) is 0 Å². The quantitative estimate of drug-likeness (QED) is 0.590. The van der Waals surface area contributed by atoms with Gasteiger partial charge in [-0.05, 0) is 56.9 Å². The fourth-order valence-electron chi connectivity index (χ4n) is 4.30. The summed E-state index contributed by atoms with van der Waals surface area (Å²) in [6, 6.07) is 7.76. The number of carboxylic acids is 1. The highest BCUT2D eigenvalue weighted by molar-refractivity contribution is 5.91. The number of carboxylic acid groups (broad SMARTS) is 1. The Balaban J connectivity index is 0.000000364. The van der Waals surface area contributed by atoms with Crippen molar-refractivity contribution in [2.75, 3.05) is 31.1 Å². The predicted molar refractivity (Wildman–Crippen MR) is 119 cm³/mol. The number of aromatic nitrogens is 3. The standard InChI is InChI=1S/C21H25N5O2.C2HF3O2/c1-15-6-8-18(28-15)21(27)25-12-4-5-16(13-25)20-22-19-9-7-17(14-26(19)23-20)24-10-2-3-11-24;3-2(4,5)1(6)7/h6-9,14,16H,2-5,10-13H2,1H3;(H,6,7). The third kappa shape index (κ3) is 5.75. The van der Waals surface area contributed by atoms with Gasteiger partial charge in [-0.25, -0.2) is 14.3 Å². The first kappa shape index (κ1) is 24.6. The van der Waals surface area contributed by atoms with E-state index in [9.17, 15) is 18.0 Å². The van der Waals surface area contributed by atoms with Crippen LogP contribution in [0.2, 0.25) is 0 Å². The van der Waals surface area contributed by atoms with Gasteiger partial charge in [-0.3, -0.25) is 4.79 Å². The highest BCUT2D eigenvalue weighted by atomic mass is 19.4. The number of halogens is 3. The van der Waals surface area contributed by atoms with Crippen molar-refractivity contribution in [3.63, 3.8) is 0 Å². The van der Waals surface area contributed by atoms with Gasteiger partial charge < -0.3 is 19.3 Å². The molecule has 35 heavy (non-hydrogen) atoms. The SMILES string of the molecule is Cc1ccc(C(=O)N2CCCC(c3nc4ccc(N5CCCC5)cn4n3)C2)o1.O=C(O)C(F)(F)F. The number of piperidine rings is 1. The van der Waals surface area contributed by atoms with E-state index in [4.69, 9.17) is 24.4 Å². The second-order valence-corrected chi connectivity index (χ2v) is 8.66. The molecule has 0 spiro atoms. The molecule has 1 atom stereocenters. The van der Waals surface area contributed by atoms with E-state index >= 15 is 0 Å². The van der Waals surface area contributed by atoms with Crippen LogP contribution < -0.4 is 4.90 Å². The van der Waals surface area contributed by atoms with E-state index in [0.29, 0.717) is 12.3 Å². The first-order chi connectivity index (χ1) is 16.6. The van der Waals surface area contributed by atoms with Crippen molar-refractivity contribution in [2.45, 2.75) is 44.7 Å². The Bertz CT molecular complexity index is 1200. The normalized spacial score (nSPS) is 18.5. The van der Waals surface area contributed by atoms with Crippen LogP contribution >= 0.6 is 0 Å². The van der Waals surface area contributed by atoms with Crippen LogP contribution in [-0.4, -0.2) is 68.8 Å². The Morgan fingerprint density at radius 2 is 1.80 bits per heavy atom. The Labute approximate surface area is 199 Å². The van der Waals surface area contributed by atoms with Crippen LogP contribution in [0, 0.1) is 6.92 Å². The largest absolute Gasteiger partial charge is 0.490 e. The van der Waals surface area contributed by atoms with Crippen LogP contribution in [0.25, 0.3) is 5.65 Å². The smallest absolute Gasteiger partial charge is 0.475 e. The number of fused-ring (bicyclic) bond motifs is 1. The van der Waals surface area contributed by atoms with Gasteiger partial charge >= 0.3 is 12.1 Å². The van der Waals surface area contributed by atoms with E-state index in [-0.39, 0.29) is 11.8 Å². The van der Waals surface area contributed by atoms with Gasteiger partial charge in [0, 0.05) is 32.1 Å². The molecule has 0 aromatic carbocycles. The van der Waals surface area contributed by atoms with Crippen LogP contribution in [0.3, 0.4) is 0 Å². The monoisotopic (exact) mass is 493 g/mol. The summed E-state index contributed by atoms with van der Waals surface area (Å²) in [5.74, 6) is -0.648. The first-order valence-electron chi connectivity index (χ1n) is 11.4. The van der Waals surface area contributed by atoms with Crippen LogP contribution in [0.4, 0.5) is 18.9 Å². The molecule has 3 aromatic rings. The number of furan rings is 1. The number of likely N-dealkylation sites (tertiary alicyclic amines) is 1. The second kappa shape index (κ2) is 9.96. The molecular weight excluding hydrogens is 467 g/mol. The molecule has 2 saturated heterocycles. The van der Waals surface area contributed by atoms with Gasteiger partial charge in [-0.2, -0.15) is 18.3 Å². The fraction of sp³-hybridized carbons (Fsp3) is 0.478. The third-order valence-electron chi connectivity index (χ3n) is 6.07. The van der Waals surface area contributed by atoms with Crippen molar-refractivity contribution in [1.82, 2.24) is 19.5 Å². The molecule has 9 nitrogen and oxygen atoms in total. The molecule has 2 aliphatic heterocycles. The Morgan fingerprint density at radius 1 is 1.09 bits per heavy atom. The van der Waals surface area contributed by atoms with Crippen LogP contribution in [0.1, 0.15) is 53.7 Å². The second-order valence-electron chi connectivity index (χ2n) is 8.66. The summed E-state index contributed by atoms with van der Waals surface area (Å²) in [6.07, 6.45) is 1.44. The zero-order chi connectivity index (χ0) is 25.2. The zero-order valence-corrected chi connectivity index (χ0v) is 19.2. The Kier molecular flexibility index (Phi) is 6.99. The molecule has 12 heteroatoms. The fourth-order valence-corrected chi connectivity index (χ4v) is 4.30. The molecule has 3 aromatic heterocycles. The van der Waals surface area contributed by atoms with Crippen molar-refractivity contribution >= 4 is 23.2 Å². The Hall–Kier alpha value is -3.57. The lowest BCUT2D eigenvalue weighted by Gasteiger charge is -2.30. The number of pyridine rings is 1. The van der Waals surface area contributed by atoms with Gasteiger partial charge in [0.1, 0.15) is 5.76 Å². The number of nitrogens with zero attached hydrogens (tertiary/aromatic N) is 5. The van der Waals surface area contributed by atoms with Crippen molar-refractivity contribution in [2.24, 2.45) is 0 Å². The molecule has 5 rings (SSSR count). The van der Waals surface area contributed by atoms with Gasteiger partial charge in [-0.1, -0.05) is 0 Å². The van der Waals surface area contributed by atoms with Crippen molar-refractivity contribution in [3.8, 4) is 0 Å². The van der Waals surface area contributed by atoms with Gasteiger partial charge in [0.15, 0.2) is 17.2 Å². The van der Waals surface area contributed by atoms with Crippen molar-refractivity contribution in [1.29, 1.82) is 0 Å². The number of aliphatic carboxylic acids is 1.